The van der Waals surface area contributed by atoms with E-state index in [2.05, 4.69) is 5.32 Å². The second kappa shape index (κ2) is 7.97. The summed E-state index contributed by atoms with van der Waals surface area (Å²) in [6, 6.07) is 11.3. The number of rotatable bonds is 5. The Morgan fingerprint density at radius 1 is 1.04 bits per heavy atom. The van der Waals surface area contributed by atoms with E-state index in [1.165, 1.54) is 0 Å². The van der Waals surface area contributed by atoms with E-state index in [1.807, 2.05) is 52.0 Å². The molecule has 0 aliphatic carbocycles. The first-order valence-electron chi connectivity index (χ1n) is 8.51. The Kier molecular flexibility index (Phi) is 5.97. The molecule has 1 amide bonds. The summed E-state index contributed by atoms with van der Waals surface area (Å²) in [5, 5.41) is 2.89. The van der Waals surface area contributed by atoms with E-state index in [0.29, 0.717) is 5.56 Å². The molecule has 0 unspecified atom stereocenters. The third-order valence-corrected chi connectivity index (χ3v) is 4.38. The summed E-state index contributed by atoms with van der Waals surface area (Å²) < 4.78 is 5.33. The van der Waals surface area contributed by atoms with Crippen LogP contribution in [0.3, 0.4) is 0 Å². The Bertz CT molecular complexity index is 796. The Morgan fingerprint density at radius 3 is 2.40 bits per heavy atom. The number of esters is 1. The molecule has 0 aliphatic heterocycles. The number of hydrogen-bond donors (Lipinski definition) is 1. The van der Waals surface area contributed by atoms with Gasteiger partial charge in [0.15, 0.2) is 6.10 Å². The second-order valence-electron chi connectivity index (χ2n) is 6.30. The molecule has 2 aromatic rings. The van der Waals surface area contributed by atoms with Crippen LogP contribution in [0.1, 0.15) is 46.5 Å². The van der Waals surface area contributed by atoms with Gasteiger partial charge in [0.05, 0.1) is 5.56 Å². The molecular weight excluding hydrogens is 314 g/mol. The van der Waals surface area contributed by atoms with Gasteiger partial charge in [-0.2, -0.15) is 0 Å². The molecule has 4 nitrogen and oxygen atoms in total. The fraction of sp³-hybridized carbons (Fsp3) is 0.333. The zero-order valence-electron chi connectivity index (χ0n) is 15.5. The molecule has 0 aromatic heterocycles. The maximum Gasteiger partial charge on any atom is 0.338 e. The molecular formula is C21H25NO3. The lowest BCUT2D eigenvalue weighted by atomic mass is 10.1. The standard InChI is InChI=1S/C21H25NO3/c1-6-17-9-7-8-14(3)19(17)22-20(23)16(5)25-21(24)18-11-10-13(2)15(4)12-18/h7-12,16H,6H2,1-5H3,(H,22,23)/t16-/m1/s1. The lowest BCUT2D eigenvalue weighted by Gasteiger charge is -2.17. The largest absolute Gasteiger partial charge is 0.449 e. The maximum absolute atomic E-state index is 12.4. The molecule has 0 saturated heterocycles. The SMILES string of the molecule is CCc1cccc(C)c1NC(=O)[C@@H](C)OC(=O)c1ccc(C)c(C)c1. The van der Waals surface area contributed by atoms with Crippen molar-refractivity contribution in [3.05, 3.63) is 64.2 Å². The molecule has 2 rings (SSSR count). The summed E-state index contributed by atoms with van der Waals surface area (Å²) in [6.07, 6.45) is -0.0629. The number of carbonyl (C=O) groups is 2. The number of aryl methyl sites for hydroxylation is 4. The number of nitrogens with one attached hydrogen (secondary N) is 1. The van der Waals surface area contributed by atoms with Gasteiger partial charge in [-0.3, -0.25) is 4.79 Å². The van der Waals surface area contributed by atoms with E-state index in [9.17, 15) is 9.59 Å². The summed E-state index contributed by atoms with van der Waals surface area (Å²) >= 11 is 0. The molecule has 0 heterocycles. The molecule has 0 radical (unpaired) electrons. The quantitative estimate of drug-likeness (QED) is 0.824. The van der Waals surface area contributed by atoms with Crippen molar-refractivity contribution in [1.82, 2.24) is 0 Å². The fourth-order valence-electron chi connectivity index (χ4n) is 2.58. The van der Waals surface area contributed by atoms with Crippen LogP contribution in [0.15, 0.2) is 36.4 Å². The van der Waals surface area contributed by atoms with Crippen molar-refractivity contribution in [2.45, 2.75) is 47.1 Å². The lowest BCUT2D eigenvalue weighted by molar-refractivity contribution is -0.123. The zero-order valence-corrected chi connectivity index (χ0v) is 15.5. The molecule has 0 fully saturated rings. The molecule has 4 heteroatoms. The van der Waals surface area contributed by atoms with Crippen LogP contribution in [0.4, 0.5) is 5.69 Å². The van der Waals surface area contributed by atoms with E-state index in [-0.39, 0.29) is 5.91 Å². The molecule has 0 spiro atoms. The van der Waals surface area contributed by atoms with Crippen LogP contribution in [-0.2, 0) is 16.0 Å². The summed E-state index contributed by atoms with van der Waals surface area (Å²) in [4.78, 5) is 24.7. The van der Waals surface area contributed by atoms with Gasteiger partial charge < -0.3 is 10.1 Å². The molecule has 0 aliphatic rings. The van der Waals surface area contributed by atoms with Crippen molar-refractivity contribution in [3.8, 4) is 0 Å². The number of para-hydroxylation sites is 1. The number of hydrogen-bond acceptors (Lipinski definition) is 3. The Labute approximate surface area is 149 Å². The number of anilines is 1. The third-order valence-electron chi connectivity index (χ3n) is 4.38. The van der Waals surface area contributed by atoms with Crippen molar-refractivity contribution in [3.63, 3.8) is 0 Å². The van der Waals surface area contributed by atoms with Crippen molar-refractivity contribution in [2.75, 3.05) is 5.32 Å². The van der Waals surface area contributed by atoms with Crippen LogP contribution >= 0.6 is 0 Å². The van der Waals surface area contributed by atoms with Crippen LogP contribution in [0.2, 0.25) is 0 Å². The molecule has 1 N–H and O–H groups in total. The predicted octanol–water partition coefficient (Wildman–Crippen LogP) is 4.36. The van der Waals surface area contributed by atoms with Crippen LogP contribution in [0.5, 0.6) is 0 Å². The molecule has 132 valence electrons. The third kappa shape index (κ3) is 4.47. The monoisotopic (exact) mass is 339 g/mol. The zero-order chi connectivity index (χ0) is 18.6. The van der Waals surface area contributed by atoms with E-state index >= 15 is 0 Å². The summed E-state index contributed by atoms with van der Waals surface area (Å²) in [6.45, 7) is 9.48. The van der Waals surface area contributed by atoms with Gasteiger partial charge in [-0.25, -0.2) is 4.79 Å². The number of amides is 1. The summed E-state index contributed by atoms with van der Waals surface area (Å²) in [7, 11) is 0. The average Bonchev–Trinajstić information content (AvgIpc) is 2.58. The average molecular weight is 339 g/mol. The van der Waals surface area contributed by atoms with Gasteiger partial charge in [0.2, 0.25) is 0 Å². The van der Waals surface area contributed by atoms with Crippen LogP contribution in [0.25, 0.3) is 0 Å². The summed E-state index contributed by atoms with van der Waals surface area (Å²) in [5.74, 6) is -0.826. The lowest BCUT2D eigenvalue weighted by Crippen LogP contribution is -2.30. The van der Waals surface area contributed by atoms with E-state index < -0.39 is 12.1 Å². The predicted molar refractivity (Wildman–Crippen MR) is 100.0 cm³/mol. The molecule has 0 bridgehead atoms. The van der Waals surface area contributed by atoms with Crippen molar-refractivity contribution >= 4 is 17.6 Å². The maximum atomic E-state index is 12.4. The normalized spacial score (nSPS) is 11.7. The number of ether oxygens (including phenoxy) is 1. The minimum absolute atomic E-state index is 0.332. The highest BCUT2D eigenvalue weighted by molar-refractivity contribution is 5.98. The first-order chi connectivity index (χ1) is 11.8. The van der Waals surface area contributed by atoms with Gasteiger partial charge in [0.1, 0.15) is 0 Å². The summed E-state index contributed by atoms with van der Waals surface area (Å²) in [5.41, 5.74) is 5.41. The number of carbonyl (C=O) groups excluding carboxylic acids is 2. The van der Waals surface area contributed by atoms with Gasteiger partial charge in [-0.05, 0) is 68.5 Å². The highest BCUT2D eigenvalue weighted by Crippen LogP contribution is 2.21. The highest BCUT2D eigenvalue weighted by Gasteiger charge is 2.20. The first kappa shape index (κ1) is 18.7. The van der Waals surface area contributed by atoms with E-state index in [1.54, 1.807) is 19.1 Å². The highest BCUT2D eigenvalue weighted by atomic mass is 16.5. The smallest absolute Gasteiger partial charge is 0.338 e. The van der Waals surface area contributed by atoms with Crippen LogP contribution in [-0.4, -0.2) is 18.0 Å². The van der Waals surface area contributed by atoms with Gasteiger partial charge in [0.25, 0.3) is 5.91 Å². The van der Waals surface area contributed by atoms with Crippen LogP contribution in [0, 0.1) is 20.8 Å². The molecule has 25 heavy (non-hydrogen) atoms. The van der Waals surface area contributed by atoms with Gasteiger partial charge in [0, 0.05) is 5.69 Å². The van der Waals surface area contributed by atoms with Crippen LogP contribution < -0.4 is 5.32 Å². The first-order valence-corrected chi connectivity index (χ1v) is 8.51. The Hall–Kier alpha value is -2.62. The second-order valence-corrected chi connectivity index (χ2v) is 6.30. The van der Waals surface area contributed by atoms with E-state index in [4.69, 9.17) is 4.74 Å². The van der Waals surface area contributed by atoms with Gasteiger partial charge in [-0.1, -0.05) is 31.2 Å². The Balaban J connectivity index is 2.08. The van der Waals surface area contributed by atoms with Gasteiger partial charge >= 0.3 is 5.97 Å². The van der Waals surface area contributed by atoms with Crippen molar-refractivity contribution in [1.29, 1.82) is 0 Å². The van der Waals surface area contributed by atoms with Crippen molar-refractivity contribution in [2.24, 2.45) is 0 Å². The number of benzene rings is 2. The molecule has 0 saturated carbocycles. The Morgan fingerprint density at radius 2 is 1.76 bits per heavy atom. The van der Waals surface area contributed by atoms with Crippen molar-refractivity contribution < 1.29 is 14.3 Å². The van der Waals surface area contributed by atoms with Gasteiger partial charge in [-0.15, -0.1) is 0 Å². The van der Waals surface area contributed by atoms with E-state index in [0.717, 1.165) is 34.4 Å². The topological polar surface area (TPSA) is 55.4 Å². The minimum Gasteiger partial charge on any atom is -0.449 e. The molecule has 1 atom stereocenters. The minimum atomic E-state index is -0.876. The fourth-order valence-corrected chi connectivity index (χ4v) is 2.58. The molecule has 2 aromatic carbocycles.